The molecule has 0 spiro atoms. The Morgan fingerprint density at radius 1 is 1.44 bits per heavy atom. The van der Waals surface area contributed by atoms with Gasteiger partial charge in [0.25, 0.3) is 0 Å². The zero-order chi connectivity index (χ0) is 13.5. The van der Waals surface area contributed by atoms with Gasteiger partial charge in [0, 0.05) is 6.54 Å². The monoisotopic (exact) mass is 252 g/mol. The number of hydrogen-bond acceptors (Lipinski definition) is 2. The number of nitrogens with zero attached hydrogens (tertiary/aromatic N) is 1. The van der Waals surface area contributed by atoms with Crippen molar-refractivity contribution in [3.63, 3.8) is 0 Å². The van der Waals surface area contributed by atoms with Crippen LogP contribution >= 0.6 is 0 Å². The van der Waals surface area contributed by atoms with Gasteiger partial charge in [0.1, 0.15) is 0 Å². The molecule has 2 aliphatic rings. The normalized spacial score (nSPS) is 34.4. The second kappa shape index (κ2) is 4.84. The van der Waals surface area contributed by atoms with Crippen LogP contribution in [0.4, 0.5) is 0 Å². The van der Waals surface area contributed by atoms with E-state index in [1.165, 1.54) is 6.42 Å². The third-order valence-corrected chi connectivity index (χ3v) is 4.66. The summed E-state index contributed by atoms with van der Waals surface area (Å²) < 4.78 is 0. The van der Waals surface area contributed by atoms with Gasteiger partial charge in [-0.2, -0.15) is 0 Å². The first-order valence-electron chi connectivity index (χ1n) is 7.43. The summed E-state index contributed by atoms with van der Waals surface area (Å²) in [4.78, 5) is 14.6. The Labute approximate surface area is 111 Å². The van der Waals surface area contributed by atoms with Crippen molar-refractivity contribution in [2.45, 2.75) is 66.1 Å². The van der Waals surface area contributed by atoms with Crippen molar-refractivity contribution < 1.29 is 4.79 Å². The van der Waals surface area contributed by atoms with Gasteiger partial charge in [0.05, 0.1) is 12.2 Å². The predicted molar refractivity (Wildman–Crippen MR) is 74.1 cm³/mol. The van der Waals surface area contributed by atoms with E-state index < -0.39 is 0 Å². The van der Waals surface area contributed by atoms with Crippen molar-refractivity contribution in [3.05, 3.63) is 0 Å². The molecule has 18 heavy (non-hydrogen) atoms. The van der Waals surface area contributed by atoms with E-state index in [0.29, 0.717) is 23.2 Å². The minimum atomic E-state index is 0.0309. The van der Waals surface area contributed by atoms with E-state index in [4.69, 9.17) is 0 Å². The van der Waals surface area contributed by atoms with E-state index in [1.54, 1.807) is 0 Å². The van der Waals surface area contributed by atoms with Crippen LogP contribution in [0.25, 0.3) is 0 Å². The molecule has 0 radical (unpaired) electrons. The average Bonchev–Trinajstić information content (AvgIpc) is 2.75. The summed E-state index contributed by atoms with van der Waals surface area (Å²) in [6, 6.07) is 0.0309. The van der Waals surface area contributed by atoms with E-state index in [9.17, 15) is 4.79 Å². The van der Waals surface area contributed by atoms with Gasteiger partial charge in [0.2, 0.25) is 5.91 Å². The average molecular weight is 252 g/mol. The zero-order valence-corrected chi connectivity index (χ0v) is 12.5. The van der Waals surface area contributed by atoms with Crippen LogP contribution in [0.15, 0.2) is 0 Å². The van der Waals surface area contributed by atoms with Crippen LogP contribution in [-0.2, 0) is 4.79 Å². The molecule has 1 aliphatic heterocycles. The van der Waals surface area contributed by atoms with E-state index in [1.807, 2.05) is 0 Å². The lowest BCUT2D eigenvalue weighted by atomic mass is 10.0. The van der Waals surface area contributed by atoms with Gasteiger partial charge in [-0.05, 0) is 30.1 Å². The molecule has 1 aliphatic carbocycles. The predicted octanol–water partition coefficient (Wildman–Crippen LogP) is 2.62. The Bertz CT molecular complexity index is 324. The Hall–Kier alpha value is -0.570. The fourth-order valence-corrected chi connectivity index (χ4v) is 3.03. The molecule has 2 fully saturated rings. The Morgan fingerprint density at radius 3 is 2.50 bits per heavy atom. The third-order valence-electron chi connectivity index (χ3n) is 4.66. The molecule has 2 rings (SSSR count). The van der Waals surface area contributed by atoms with E-state index in [0.717, 1.165) is 19.4 Å². The second-order valence-corrected chi connectivity index (χ2v) is 7.07. The summed E-state index contributed by atoms with van der Waals surface area (Å²) in [6.07, 6.45) is 3.73. The molecule has 1 heterocycles. The molecule has 0 aromatic carbocycles. The minimum absolute atomic E-state index is 0.0309. The standard InChI is InChI=1S/C15H28N2O/c1-6-7-12-16-13(10(2)3)14(18)17(12)9-11-8-15(11,4)5/h10-13,16H,6-9H2,1-5H3. The molecule has 3 atom stereocenters. The highest BCUT2D eigenvalue weighted by Crippen LogP contribution is 2.52. The zero-order valence-electron chi connectivity index (χ0n) is 12.5. The molecule has 3 nitrogen and oxygen atoms in total. The maximum absolute atomic E-state index is 12.5. The molecule has 0 bridgehead atoms. The van der Waals surface area contributed by atoms with Gasteiger partial charge in [-0.15, -0.1) is 0 Å². The van der Waals surface area contributed by atoms with Gasteiger partial charge in [0.15, 0.2) is 0 Å². The fraction of sp³-hybridized carbons (Fsp3) is 0.933. The van der Waals surface area contributed by atoms with Crippen LogP contribution in [-0.4, -0.2) is 29.6 Å². The van der Waals surface area contributed by atoms with Crippen LogP contribution in [0, 0.1) is 17.3 Å². The SMILES string of the molecule is CCCC1NC(C(C)C)C(=O)N1CC1CC1(C)C. The molecule has 1 saturated heterocycles. The number of carbonyl (C=O) groups is 1. The number of hydrogen-bond donors (Lipinski definition) is 1. The van der Waals surface area contributed by atoms with Crippen LogP contribution in [0.2, 0.25) is 0 Å². The topological polar surface area (TPSA) is 32.3 Å². The van der Waals surface area contributed by atoms with Crippen molar-refractivity contribution in [2.75, 3.05) is 6.54 Å². The second-order valence-electron chi connectivity index (χ2n) is 7.07. The first-order chi connectivity index (χ1) is 8.36. The highest BCUT2D eigenvalue weighted by atomic mass is 16.2. The van der Waals surface area contributed by atoms with Crippen molar-refractivity contribution in [1.82, 2.24) is 10.2 Å². The van der Waals surface area contributed by atoms with Crippen LogP contribution < -0.4 is 5.32 Å². The lowest BCUT2D eigenvalue weighted by molar-refractivity contribution is -0.131. The number of nitrogens with one attached hydrogen (secondary N) is 1. The highest BCUT2D eigenvalue weighted by molar-refractivity contribution is 5.84. The van der Waals surface area contributed by atoms with Gasteiger partial charge in [-0.1, -0.05) is 41.0 Å². The largest absolute Gasteiger partial charge is 0.325 e. The molecule has 0 aromatic rings. The van der Waals surface area contributed by atoms with Gasteiger partial charge in [-0.25, -0.2) is 0 Å². The quantitative estimate of drug-likeness (QED) is 0.816. The molecule has 1 N–H and O–H groups in total. The van der Waals surface area contributed by atoms with E-state index in [-0.39, 0.29) is 12.2 Å². The molecule has 3 unspecified atom stereocenters. The van der Waals surface area contributed by atoms with Crippen LogP contribution in [0.1, 0.15) is 53.9 Å². The van der Waals surface area contributed by atoms with E-state index >= 15 is 0 Å². The molecular weight excluding hydrogens is 224 g/mol. The number of amides is 1. The molecule has 104 valence electrons. The number of carbonyl (C=O) groups excluding carboxylic acids is 1. The summed E-state index contributed by atoms with van der Waals surface area (Å²) >= 11 is 0. The van der Waals surface area contributed by atoms with E-state index in [2.05, 4.69) is 44.8 Å². The molecule has 3 heteroatoms. The van der Waals surface area contributed by atoms with Gasteiger partial charge < -0.3 is 4.90 Å². The number of rotatable bonds is 5. The lowest BCUT2D eigenvalue weighted by Gasteiger charge is -2.24. The Balaban J connectivity index is 2.02. The van der Waals surface area contributed by atoms with Crippen LogP contribution in [0.3, 0.4) is 0 Å². The summed E-state index contributed by atoms with van der Waals surface area (Å²) in [5.41, 5.74) is 0.451. The lowest BCUT2D eigenvalue weighted by Crippen LogP contribution is -2.39. The first kappa shape index (κ1) is 13.9. The molecular formula is C15H28N2O. The summed E-state index contributed by atoms with van der Waals surface area (Å²) in [6.45, 7) is 12.0. The van der Waals surface area contributed by atoms with Crippen molar-refractivity contribution in [1.29, 1.82) is 0 Å². The Kier molecular flexibility index (Phi) is 3.72. The summed E-state index contributed by atoms with van der Waals surface area (Å²) in [5, 5.41) is 3.53. The van der Waals surface area contributed by atoms with Crippen molar-refractivity contribution in [2.24, 2.45) is 17.3 Å². The third kappa shape index (κ3) is 2.56. The minimum Gasteiger partial charge on any atom is -0.325 e. The maximum atomic E-state index is 12.5. The van der Waals surface area contributed by atoms with Crippen LogP contribution in [0.5, 0.6) is 0 Å². The molecule has 0 aromatic heterocycles. The Morgan fingerprint density at radius 2 is 2.06 bits per heavy atom. The molecule has 1 saturated carbocycles. The van der Waals surface area contributed by atoms with Crippen molar-refractivity contribution >= 4 is 5.91 Å². The molecule has 1 amide bonds. The maximum Gasteiger partial charge on any atom is 0.241 e. The fourth-order valence-electron chi connectivity index (χ4n) is 3.03. The summed E-state index contributed by atoms with van der Waals surface area (Å²) in [5.74, 6) is 1.41. The van der Waals surface area contributed by atoms with Crippen molar-refractivity contribution in [3.8, 4) is 0 Å². The van der Waals surface area contributed by atoms with Gasteiger partial charge in [-0.3, -0.25) is 10.1 Å². The summed E-state index contributed by atoms with van der Waals surface area (Å²) in [7, 11) is 0. The smallest absolute Gasteiger partial charge is 0.241 e. The van der Waals surface area contributed by atoms with Gasteiger partial charge >= 0.3 is 0 Å². The first-order valence-corrected chi connectivity index (χ1v) is 7.43. The highest BCUT2D eigenvalue weighted by Gasteiger charge is 2.49.